The number of aliphatic hydroxyl groups excluding tert-OH is 1. The van der Waals surface area contributed by atoms with Crippen LogP contribution in [-0.4, -0.2) is 31.5 Å². The van der Waals surface area contributed by atoms with E-state index in [-0.39, 0.29) is 6.61 Å². The van der Waals surface area contributed by atoms with Crippen molar-refractivity contribution in [3.63, 3.8) is 0 Å². The Kier molecular flexibility index (Phi) is 9.15. The Morgan fingerprint density at radius 3 is 2.69 bits per heavy atom. The number of ether oxygens (including phenoxy) is 2. The zero-order valence-corrected chi connectivity index (χ0v) is 8.42. The molecule has 0 spiro atoms. The van der Waals surface area contributed by atoms with Gasteiger partial charge in [0, 0.05) is 6.42 Å². The quantitative estimate of drug-likeness (QED) is 0.442. The highest BCUT2D eigenvalue weighted by atomic mass is 16.5. The van der Waals surface area contributed by atoms with E-state index in [1.165, 1.54) is 0 Å². The maximum atomic E-state index is 8.41. The SMILES string of the molecule is C=C(CCCC)OCCOCCO. The van der Waals surface area contributed by atoms with Crippen molar-refractivity contribution in [1.29, 1.82) is 0 Å². The van der Waals surface area contributed by atoms with Crippen LogP contribution in [0.15, 0.2) is 12.3 Å². The number of unbranched alkanes of at least 4 members (excludes halogenated alkanes) is 1. The van der Waals surface area contributed by atoms with Gasteiger partial charge in [-0.05, 0) is 6.42 Å². The van der Waals surface area contributed by atoms with Crippen molar-refractivity contribution in [2.24, 2.45) is 0 Å². The van der Waals surface area contributed by atoms with Crippen LogP contribution in [-0.2, 0) is 9.47 Å². The molecule has 0 saturated heterocycles. The number of hydrogen-bond donors (Lipinski definition) is 1. The predicted molar refractivity (Wildman–Crippen MR) is 52.5 cm³/mol. The average molecular weight is 188 g/mol. The molecule has 0 saturated carbocycles. The fraction of sp³-hybridized carbons (Fsp3) is 0.800. The molecular formula is C10H20O3. The maximum Gasteiger partial charge on any atom is 0.111 e. The van der Waals surface area contributed by atoms with Gasteiger partial charge in [0.05, 0.1) is 25.6 Å². The van der Waals surface area contributed by atoms with Crippen molar-refractivity contribution < 1.29 is 14.6 Å². The highest BCUT2D eigenvalue weighted by Gasteiger charge is 1.94. The van der Waals surface area contributed by atoms with Crippen molar-refractivity contribution in [3.8, 4) is 0 Å². The molecule has 0 rings (SSSR count). The molecule has 0 aromatic heterocycles. The molecule has 0 aromatic carbocycles. The normalized spacial score (nSPS) is 10.0. The van der Waals surface area contributed by atoms with Crippen LogP contribution in [0.2, 0.25) is 0 Å². The third-order valence-electron chi connectivity index (χ3n) is 1.58. The summed E-state index contributed by atoms with van der Waals surface area (Å²) in [5.74, 6) is 0.828. The average Bonchev–Trinajstić information content (AvgIpc) is 2.14. The Bertz CT molecular complexity index is 123. The number of hydrogen-bond acceptors (Lipinski definition) is 3. The first kappa shape index (κ1) is 12.5. The third kappa shape index (κ3) is 9.37. The molecule has 0 bridgehead atoms. The van der Waals surface area contributed by atoms with Crippen LogP contribution >= 0.6 is 0 Å². The Morgan fingerprint density at radius 1 is 1.31 bits per heavy atom. The molecule has 0 aliphatic heterocycles. The summed E-state index contributed by atoms with van der Waals surface area (Å²) in [7, 11) is 0. The third-order valence-corrected chi connectivity index (χ3v) is 1.58. The molecule has 0 aliphatic rings. The lowest BCUT2D eigenvalue weighted by atomic mass is 10.2. The summed E-state index contributed by atoms with van der Waals surface area (Å²) in [6, 6.07) is 0. The van der Waals surface area contributed by atoms with Crippen molar-refractivity contribution in [3.05, 3.63) is 12.3 Å². The van der Waals surface area contributed by atoms with Crippen molar-refractivity contribution in [2.45, 2.75) is 26.2 Å². The van der Waals surface area contributed by atoms with Gasteiger partial charge >= 0.3 is 0 Å². The summed E-state index contributed by atoms with van der Waals surface area (Å²) < 4.78 is 10.3. The van der Waals surface area contributed by atoms with E-state index in [0.29, 0.717) is 19.8 Å². The van der Waals surface area contributed by atoms with Crippen LogP contribution in [0.5, 0.6) is 0 Å². The molecule has 0 heterocycles. The molecule has 0 unspecified atom stereocenters. The molecule has 3 heteroatoms. The summed E-state index contributed by atoms with van der Waals surface area (Å²) in [5.41, 5.74) is 0. The fourth-order valence-corrected chi connectivity index (χ4v) is 0.858. The molecule has 0 aromatic rings. The van der Waals surface area contributed by atoms with Crippen LogP contribution in [0.4, 0.5) is 0 Å². The Labute approximate surface area is 80.4 Å². The molecule has 0 aliphatic carbocycles. The Hall–Kier alpha value is -0.540. The van der Waals surface area contributed by atoms with Gasteiger partial charge in [-0.1, -0.05) is 19.9 Å². The first-order valence-corrected chi connectivity index (χ1v) is 4.80. The number of allylic oxidation sites excluding steroid dienone is 1. The molecule has 78 valence electrons. The van der Waals surface area contributed by atoms with Gasteiger partial charge in [-0.25, -0.2) is 0 Å². The zero-order valence-electron chi connectivity index (χ0n) is 8.42. The monoisotopic (exact) mass is 188 g/mol. The van der Waals surface area contributed by atoms with Crippen LogP contribution in [0.3, 0.4) is 0 Å². The van der Waals surface area contributed by atoms with Crippen LogP contribution in [0.1, 0.15) is 26.2 Å². The van der Waals surface area contributed by atoms with E-state index < -0.39 is 0 Å². The van der Waals surface area contributed by atoms with E-state index >= 15 is 0 Å². The second-order valence-corrected chi connectivity index (χ2v) is 2.83. The molecule has 0 amide bonds. The lowest BCUT2D eigenvalue weighted by Gasteiger charge is -2.08. The number of aliphatic hydroxyl groups is 1. The van der Waals surface area contributed by atoms with Gasteiger partial charge in [-0.15, -0.1) is 0 Å². The summed E-state index contributed by atoms with van der Waals surface area (Å²) in [6.07, 6.45) is 3.20. The summed E-state index contributed by atoms with van der Waals surface area (Å²) in [6.45, 7) is 7.42. The van der Waals surface area contributed by atoms with Gasteiger partial charge < -0.3 is 14.6 Å². The molecule has 0 radical (unpaired) electrons. The van der Waals surface area contributed by atoms with Gasteiger partial charge in [-0.3, -0.25) is 0 Å². The van der Waals surface area contributed by atoms with E-state index in [9.17, 15) is 0 Å². The zero-order chi connectivity index (χ0) is 9.94. The first-order valence-electron chi connectivity index (χ1n) is 4.80. The van der Waals surface area contributed by atoms with Gasteiger partial charge in [0.1, 0.15) is 6.61 Å². The van der Waals surface area contributed by atoms with Crippen molar-refractivity contribution in [2.75, 3.05) is 26.4 Å². The highest BCUT2D eigenvalue weighted by Crippen LogP contribution is 2.05. The minimum absolute atomic E-state index is 0.0663. The Balaban J connectivity index is 3.08. The van der Waals surface area contributed by atoms with E-state index in [1.807, 2.05) is 0 Å². The molecular weight excluding hydrogens is 168 g/mol. The smallest absolute Gasteiger partial charge is 0.111 e. The molecule has 1 N–H and O–H groups in total. The topological polar surface area (TPSA) is 38.7 Å². The van der Waals surface area contributed by atoms with Crippen molar-refractivity contribution in [1.82, 2.24) is 0 Å². The minimum atomic E-state index is 0.0663. The summed E-state index contributed by atoms with van der Waals surface area (Å²) in [5, 5.41) is 8.41. The van der Waals surface area contributed by atoms with E-state index in [2.05, 4.69) is 13.5 Å². The van der Waals surface area contributed by atoms with E-state index in [1.54, 1.807) is 0 Å². The van der Waals surface area contributed by atoms with Gasteiger partial charge in [-0.2, -0.15) is 0 Å². The lowest BCUT2D eigenvalue weighted by molar-refractivity contribution is 0.0523. The largest absolute Gasteiger partial charge is 0.496 e. The summed E-state index contributed by atoms with van der Waals surface area (Å²) in [4.78, 5) is 0. The first-order chi connectivity index (χ1) is 6.31. The van der Waals surface area contributed by atoms with Crippen LogP contribution in [0.25, 0.3) is 0 Å². The second-order valence-electron chi connectivity index (χ2n) is 2.83. The molecule has 0 atom stereocenters. The van der Waals surface area contributed by atoms with E-state index in [0.717, 1.165) is 25.0 Å². The maximum absolute atomic E-state index is 8.41. The van der Waals surface area contributed by atoms with Crippen LogP contribution < -0.4 is 0 Å². The fourth-order valence-electron chi connectivity index (χ4n) is 0.858. The van der Waals surface area contributed by atoms with Gasteiger partial charge in [0.15, 0.2) is 0 Å². The summed E-state index contributed by atoms with van der Waals surface area (Å²) >= 11 is 0. The van der Waals surface area contributed by atoms with E-state index in [4.69, 9.17) is 14.6 Å². The van der Waals surface area contributed by atoms with Gasteiger partial charge in [0.25, 0.3) is 0 Å². The standard InChI is InChI=1S/C10H20O3/c1-3-4-5-10(2)13-9-8-12-7-6-11/h11H,2-9H2,1H3. The molecule has 13 heavy (non-hydrogen) atoms. The highest BCUT2D eigenvalue weighted by molar-refractivity contribution is 4.81. The molecule has 0 fully saturated rings. The Morgan fingerprint density at radius 2 is 2.08 bits per heavy atom. The number of rotatable bonds is 9. The minimum Gasteiger partial charge on any atom is -0.496 e. The van der Waals surface area contributed by atoms with Crippen LogP contribution in [0, 0.1) is 0 Å². The molecule has 3 nitrogen and oxygen atoms in total. The van der Waals surface area contributed by atoms with Crippen molar-refractivity contribution >= 4 is 0 Å². The lowest BCUT2D eigenvalue weighted by Crippen LogP contribution is -2.06. The predicted octanol–water partition coefficient (Wildman–Crippen LogP) is 1.72. The second kappa shape index (κ2) is 9.55. The van der Waals surface area contributed by atoms with Gasteiger partial charge in [0.2, 0.25) is 0 Å².